The Bertz CT molecular complexity index is 91.5. The van der Waals surface area contributed by atoms with Gasteiger partial charge in [-0.25, -0.2) is 0 Å². The maximum absolute atomic E-state index is 7.89. The van der Waals surface area contributed by atoms with Gasteiger partial charge in [-0.2, -0.15) is 5.26 Å². The van der Waals surface area contributed by atoms with E-state index in [9.17, 15) is 0 Å². The van der Waals surface area contributed by atoms with Gasteiger partial charge in [0.1, 0.15) is 11.8 Å². The Labute approximate surface area is 35.3 Å². The van der Waals surface area contributed by atoms with E-state index in [0.717, 1.165) is 0 Å². The third-order valence-electron chi connectivity index (χ3n) is 0.293. The van der Waals surface area contributed by atoms with Crippen LogP contribution >= 0.6 is 0 Å². The molecule has 0 atom stereocenters. The Kier molecular flexibility index (Phi) is 2.02. The lowest BCUT2D eigenvalue weighted by Crippen LogP contribution is -1.95. The first-order valence-corrected chi connectivity index (χ1v) is 1.39. The lowest BCUT2D eigenvalue weighted by Gasteiger charge is -1.74. The summed E-state index contributed by atoms with van der Waals surface area (Å²) in [6, 6.07) is 1.45. The molecule has 32 valence electrons. The number of aliphatic hydroxyl groups excluding tert-OH is 1. The van der Waals surface area contributed by atoms with E-state index < -0.39 is 6.61 Å². The molecule has 0 bridgehead atoms. The monoisotopic (exact) mass is 84.0 g/mol. The van der Waals surface area contributed by atoms with Crippen LogP contribution in [0.3, 0.4) is 0 Å². The molecule has 3 nitrogen and oxygen atoms in total. The molecule has 0 aliphatic carbocycles. The highest BCUT2D eigenvalue weighted by Crippen LogP contribution is 1.59. The molecule has 2 N–H and O–H groups in total. The van der Waals surface area contributed by atoms with Gasteiger partial charge in [0.25, 0.3) is 0 Å². The third kappa shape index (κ3) is 1.44. The molecule has 0 saturated carbocycles. The Morgan fingerprint density at radius 3 is 2.50 bits per heavy atom. The number of rotatable bonds is 1. The molecule has 0 aliphatic heterocycles. The molecule has 0 fully saturated rings. The third-order valence-corrected chi connectivity index (χ3v) is 0.293. The molecule has 6 heavy (non-hydrogen) atoms. The van der Waals surface area contributed by atoms with Gasteiger partial charge in [-0.1, -0.05) is 0 Å². The highest BCUT2D eigenvalue weighted by atomic mass is 16.3. The van der Waals surface area contributed by atoms with Crippen LogP contribution in [-0.2, 0) is 0 Å². The summed E-state index contributed by atoms with van der Waals surface area (Å²) in [7, 11) is 0. The average molecular weight is 84.1 g/mol. The van der Waals surface area contributed by atoms with Crippen molar-refractivity contribution in [3.8, 4) is 6.07 Å². The van der Waals surface area contributed by atoms with Crippen LogP contribution < -0.4 is 0 Å². The normalized spacial score (nSPS) is 6.67. The highest BCUT2D eigenvalue weighted by Gasteiger charge is 1.82. The summed E-state index contributed by atoms with van der Waals surface area (Å²) in [5.74, 6) is 0. The molecule has 3 heteroatoms. The van der Waals surface area contributed by atoms with Crippen LogP contribution in [0, 0.1) is 16.7 Å². The summed E-state index contributed by atoms with van der Waals surface area (Å²) in [6.07, 6.45) is 0. The van der Waals surface area contributed by atoms with Crippen LogP contribution in [-0.4, -0.2) is 17.4 Å². The van der Waals surface area contributed by atoms with Crippen molar-refractivity contribution in [3.63, 3.8) is 0 Å². The van der Waals surface area contributed by atoms with E-state index in [-0.39, 0.29) is 5.71 Å². The van der Waals surface area contributed by atoms with E-state index in [2.05, 4.69) is 0 Å². The van der Waals surface area contributed by atoms with Gasteiger partial charge in [-0.3, -0.25) is 5.41 Å². The highest BCUT2D eigenvalue weighted by molar-refractivity contribution is 5.96. The fourth-order valence-corrected chi connectivity index (χ4v) is 0.0354. The smallest absolute Gasteiger partial charge is 0.134 e. The second-order valence-corrected chi connectivity index (χ2v) is 0.748. The van der Waals surface area contributed by atoms with Crippen LogP contribution in [0.1, 0.15) is 0 Å². The van der Waals surface area contributed by atoms with Crippen molar-refractivity contribution in [3.05, 3.63) is 0 Å². The number of aliphatic hydroxyl groups is 1. The summed E-state index contributed by atoms with van der Waals surface area (Å²) < 4.78 is 0. The molecule has 0 aromatic carbocycles. The SMILES string of the molecule is N#CC(=N)CO. The molecule has 0 rings (SSSR count). The number of nitrogens with zero attached hydrogens (tertiary/aromatic N) is 1. The minimum absolute atomic E-state index is 0.296. The Morgan fingerprint density at radius 2 is 2.50 bits per heavy atom. The van der Waals surface area contributed by atoms with E-state index in [1.165, 1.54) is 6.07 Å². The predicted molar refractivity (Wildman–Crippen MR) is 20.4 cm³/mol. The van der Waals surface area contributed by atoms with Gasteiger partial charge in [0.05, 0.1) is 6.61 Å². The van der Waals surface area contributed by atoms with Gasteiger partial charge < -0.3 is 5.11 Å². The largest absolute Gasteiger partial charge is 0.389 e. The lowest BCUT2D eigenvalue weighted by molar-refractivity contribution is 0.358. The van der Waals surface area contributed by atoms with Crippen LogP contribution in [0.15, 0.2) is 0 Å². The number of hydrogen-bond acceptors (Lipinski definition) is 3. The van der Waals surface area contributed by atoms with E-state index in [1.807, 2.05) is 0 Å². The molecule has 0 aliphatic rings. The molecule has 0 spiro atoms. The molecular weight excluding hydrogens is 80.0 g/mol. The Morgan fingerprint density at radius 1 is 2.00 bits per heavy atom. The number of nitriles is 1. The quantitative estimate of drug-likeness (QED) is 0.421. The van der Waals surface area contributed by atoms with Gasteiger partial charge >= 0.3 is 0 Å². The lowest BCUT2D eigenvalue weighted by atomic mass is 10.5. The zero-order valence-corrected chi connectivity index (χ0v) is 3.10. The summed E-state index contributed by atoms with van der Waals surface area (Å²) >= 11 is 0. The molecule has 0 radical (unpaired) electrons. The first kappa shape index (κ1) is 5.12. The van der Waals surface area contributed by atoms with Crippen LogP contribution in [0.2, 0.25) is 0 Å². The second-order valence-electron chi connectivity index (χ2n) is 0.748. The van der Waals surface area contributed by atoms with E-state index in [1.54, 1.807) is 0 Å². The maximum Gasteiger partial charge on any atom is 0.134 e. The maximum atomic E-state index is 7.89. The van der Waals surface area contributed by atoms with Gasteiger partial charge in [-0.15, -0.1) is 0 Å². The minimum atomic E-state index is -0.448. The second kappa shape index (κ2) is 2.36. The Hall–Kier alpha value is -0.880. The van der Waals surface area contributed by atoms with Crippen molar-refractivity contribution in [2.75, 3.05) is 6.61 Å². The van der Waals surface area contributed by atoms with Crippen LogP contribution in [0.25, 0.3) is 0 Å². The van der Waals surface area contributed by atoms with Crippen molar-refractivity contribution < 1.29 is 5.11 Å². The van der Waals surface area contributed by atoms with E-state index >= 15 is 0 Å². The van der Waals surface area contributed by atoms with Crippen molar-refractivity contribution in [2.24, 2.45) is 0 Å². The topological polar surface area (TPSA) is 67.9 Å². The number of hydrogen-bond donors (Lipinski definition) is 2. The molecule has 0 amide bonds. The van der Waals surface area contributed by atoms with Crippen molar-refractivity contribution in [2.45, 2.75) is 0 Å². The van der Waals surface area contributed by atoms with Crippen molar-refractivity contribution in [1.29, 1.82) is 10.7 Å². The van der Waals surface area contributed by atoms with Gasteiger partial charge in [0, 0.05) is 0 Å². The van der Waals surface area contributed by atoms with E-state index in [4.69, 9.17) is 15.8 Å². The summed E-state index contributed by atoms with van der Waals surface area (Å²) in [6.45, 7) is -0.448. The zero-order valence-electron chi connectivity index (χ0n) is 3.10. The average Bonchev–Trinajstić information content (AvgIpc) is 1.65. The summed E-state index contributed by atoms with van der Waals surface area (Å²) in [5.41, 5.74) is -0.296. The molecule has 0 unspecified atom stereocenters. The minimum Gasteiger partial charge on any atom is -0.389 e. The predicted octanol–water partition coefficient (Wildman–Crippen LogP) is -0.478. The van der Waals surface area contributed by atoms with Gasteiger partial charge in [-0.05, 0) is 0 Å². The zero-order chi connectivity index (χ0) is 4.99. The van der Waals surface area contributed by atoms with Gasteiger partial charge in [0.15, 0.2) is 0 Å². The number of nitrogens with one attached hydrogen (secondary N) is 1. The summed E-state index contributed by atoms with van der Waals surface area (Å²) in [4.78, 5) is 0. The molecule has 0 aromatic heterocycles. The van der Waals surface area contributed by atoms with Crippen molar-refractivity contribution >= 4 is 5.71 Å². The fraction of sp³-hybridized carbons (Fsp3) is 0.333. The van der Waals surface area contributed by atoms with Crippen LogP contribution in [0.5, 0.6) is 0 Å². The molecule has 0 saturated heterocycles. The van der Waals surface area contributed by atoms with Gasteiger partial charge in [0.2, 0.25) is 0 Å². The first-order chi connectivity index (χ1) is 2.81. The van der Waals surface area contributed by atoms with Crippen molar-refractivity contribution in [1.82, 2.24) is 0 Å². The molecule has 0 aromatic rings. The van der Waals surface area contributed by atoms with E-state index in [0.29, 0.717) is 0 Å². The standard InChI is InChI=1S/C3H4N2O/c4-1-3(5)2-6/h5-6H,2H2. The first-order valence-electron chi connectivity index (χ1n) is 1.39. The Balaban J connectivity index is 3.33. The molecule has 0 heterocycles. The van der Waals surface area contributed by atoms with Crippen LogP contribution in [0.4, 0.5) is 0 Å². The summed E-state index contributed by atoms with van der Waals surface area (Å²) in [5, 5.41) is 22.0. The molecular formula is C3H4N2O. The fourth-order valence-electron chi connectivity index (χ4n) is 0.0354.